The zero-order valence-corrected chi connectivity index (χ0v) is 9.14. The Bertz CT molecular complexity index is 145. The minimum Gasteiger partial charge on any atom is -0.393 e. The molecule has 1 unspecified atom stereocenters. The van der Waals surface area contributed by atoms with E-state index in [2.05, 4.69) is 26.1 Å². The third-order valence-electron chi connectivity index (χ3n) is 2.75. The van der Waals surface area contributed by atoms with Crippen molar-refractivity contribution in [2.45, 2.75) is 46.1 Å². The number of nitrogens with one attached hydrogen (secondary N) is 1. The molecule has 1 aliphatic heterocycles. The first-order chi connectivity index (χ1) is 5.99. The van der Waals surface area contributed by atoms with Gasteiger partial charge >= 0.3 is 0 Å². The molecule has 0 radical (unpaired) electrons. The Labute approximate surface area is 81.7 Å². The lowest BCUT2D eigenvalue weighted by Crippen LogP contribution is -2.35. The van der Waals surface area contributed by atoms with Gasteiger partial charge in [-0.05, 0) is 43.7 Å². The highest BCUT2D eigenvalue weighted by molar-refractivity contribution is 4.78. The molecule has 0 aromatic carbocycles. The van der Waals surface area contributed by atoms with Crippen molar-refractivity contribution in [3.8, 4) is 0 Å². The van der Waals surface area contributed by atoms with Crippen LogP contribution in [0.4, 0.5) is 0 Å². The molecule has 1 atom stereocenters. The van der Waals surface area contributed by atoms with Crippen LogP contribution in [-0.2, 0) is 0 Å². The van der Waals surface area contributed by atoms with Crippen molar-refractivity contribution in [1.29, 1.82) is 0 Å². The van der Waals surface area contributed by atoms with Gasteiger partial charge in [0.2, 0.25) is 0 Å². The first-order valence-corrected chi connectivity index (χ1v) is 5.38. The van der Waals surface area contributed by atoms with Gasteiger partial charge in [0.15, 0.2) is 0 Å². The van der Waals surface area contributed by atoms with Crippen molar-refractivity contribution < 1.29 is 5.11 Å². The number of hydrogen-bond acceptors (Lipinski definition) is 2. The van der Waals surface area contributed by atoms with Crippen molar-refractivity contribution >= 4 is 0 Å². The third kappa shape index (κ3) is 4.10. The highest BCUT2D eigenvalue weighted by Gasteiger charge is 2.25. The van der Waals surface area contributed by atoms with E-state index < -0.39 is 0 Å². The van der Waals surface area contributed by atoms with Gasteiger partial charge in [0.25, 0.3) is 0 Å². The molecule has 78 valence electrons. The first-order valence-electron chi connectivity index (χ1n) is 5.38. The smallest absolute Gasteiger partial charge is 0.0574 e. The Kier molecular flexibility index (Phi) is 3.74. The number of rotatable bonds is 2. The molecular formula is C11H23NO. The third-order valence-corrected chi connectivity index (χ3v) is 2.75. The summed E-state index contributed by atoms with van der Waals surface area (Å²) < 4.78 is 0. The topological polar surface area (TPSA) is 32.3 Å². The molecule has 0 aromatic heterocycles. The quantitative estimate of drug-likeness (QED) is 0.687. The lowest BCUT2D eigenvalue weighted by Gasteiger charge is -2.31. The van der Waals surface area contributed by atoms with Gasteiger partial charge in [-0.1, -0.05) is 20.8 Å². The SMILES string of the molecule is CC(C)(C)CC(O)C1CCNCC1. The molecule has 0 saturated carbocycles. The molecule has 0 amide bonds. The predicted octanol–water partition coefficient (Wildman–Crippen LogP) is 1.78. The van der Waals surface area contributed by atoms with Crippen LogP contribution in [0, 0.1) is 11.3 Å². The second-order valence-corrected chi connectivity index (χ2v) is 5.42. The van der Waals surface area contributed by atoms with Crippen LogP contribution < -0.4 is 5.32 Å². The largest absolute Gasteiger partial charge is 0.393 e. The lowest BCUT2D eigenvalue weighted by atomic mass is 9.81. The van der Waals surface area contributed by atoms with Crippen LogP contribution in [0.25, 0.3) is 0 Å². The molecule has 1 fully saturated rings. The maximum atomic E-state index is 9.98. The number of aliphatic hydroxyl groups excluding tert-OH is 1. The molecule has 0 aliphatic carbocycles. The zero-order chi connectivity index (χ0) is 9.90. The molecule has 2 nitrogen and oxygen atoms in total. The Morgan fingerprint density at radius 1 is 1.31 bits per heavy atom. The molecule has 0 spiro atoms. The van der Waals surface area contributed by atoms with E-state index in [1.807, 2.05) is 0 Å². The highest BCUT2D eigenvalue weighted by atomic mass is 16.3. The van der Waals surface area contributed by atoms with Crippen molar-refractivity contribution in [3.63, 3.8) is 0 Å². The number of hydrogen-bond donors (Lipinski definition) is 2. The van der Waals surface area contributed by atoms with E-state index >= 15 is 0 Å². The summed E-state index contributed by atoms with van der Waals surface area (Å²) in [4.78, 5) is 0. The van der Waals surface area contributed by atoms with Gasteiger partial charge in [0, 0.05) is 0 Å². The van der Waals surface area contributed by atoms with E-state index in [0.29, 0.717) is 5.92 Å². The minimum atomic E-state index is -0.0953. The molecule has 13 heavy (non-hydrogen) atoms. The first kappa shape index (κ1) is 11.0. The average molecular weight is 185 g/mol. The summed E-state index contributed by atoms with van der Waals surface area (Å²) in [7, 11) is 0. The van der Waals surface area contributed by atoms with Crippen LogP contribution in [0.1, 0.15) is 40.0 Å². The van der Waals surface area contributed by atoms with E-state index in [1.54, 1.807) is 0 Å². The molecular weight excluding hydrogens is 162 g/mol. The fraction of sp³-hybridized carbons (Fsp3) is 1.00. The van der Waals surface area contributed by atoms with E-state index in [4.69, 9.17) is 0 Å². The Morgan fingerprint density at radius 3 is 2.31 bits per heavy atom. The fourth-order valence-electron chi connectivity index (χ4n) is 2.02. The van der Waals surface area contributed by atoms with Gasteiger partial charge in [-0.25, -0.2) is 0 Å². The molecule has 1 saturated heterocycles. The molecule has 2 heteroatoms. The monoisotopic (exact) mass is 185 g/mol. The second-order valence-electron chi connectivity index (χ2n) is 5.42. The number of aliphatic hydroxyl groups is 1. The van der Waals surface area contributed by atoms with Crippen LogP contribution in [0.2, 0.25) is 0 Å². The maximum absolute atomic E-state index is 9.98. The highest BCUT2D eigenvalue weighted by Crippen LogP contribution is 2.27. The van der Waals surface area contributed by atoms with E-state index in [1.165, 1.54) is 0 Å². The van der Waals surface area contributed by atoms with Crippen molar-refractivity contribution in [3.05, 3.63) is 0 Å². The van der Waals surface area contributed by atoms with Gasteiger partial charge in [0.1, 0.15) is 0 Å². The van der Waals surface area contributed by atoms with Crippen LogP contribution in [0.3, 0.4) is 0 Å². The minimum absolute atomic E-state index is 0.0953. The van der Waals surface area contributed by atoms with Crippen LogP contribution in [0.15, 0.2) is 0 Å². The summed E-state index contributed by atoms with van der Waals surface area (Å²) in [5.74, 6) is 0.528. The van der Waals surface area contributed by atoms with Crippen molar-refractivity contribution in [2.75, 3.05) is 13.1 Å². The summed E-state index contributed by atoms with van der Waals surface area (Å²) in [6, 6.07) is 0. The van der Waals surface area contributed by atoms with E-state index in [9.17, 15) is 5.11 Å². The lowest BCUT2D eigenvalue weighted by molar-refractivity contribution is 0.0520. The summed E-state index contributed by atoms with van der Waals surface area (Å²) in [5.41, 5.74) is 0.254. The average Bonchev–Trinajstić information content (AvgIpc) is 2.03. The van der Waals surface area contributed by atoms with Crippen LogP contribution in [0.5, 0.6) is 0 Å². The Balaban J connectivity index is 2.33. The van der Waals surface area contributed by atoms with E-state index in [-0.39, 0.29) is 11.5 Å². The Morgan fingerprint density at radius 2 is 1.85 bits per heavy atom. The van der Waals surface area contributed by atoms with Gasteiger partial charge in [-0.3, -0.25) is 0 Å². The van der Waals surface area contributed by atoms with Crippen LogP contribution in [-0.4, -0.2) is 24.3 Å². The Hall–Kier alpha value is -0.0800. The zero-order valence-electron chi connectivity index (χ0n) is 9.14. The molecule has 0 bridgehead atoms. The molecule has 2 N–H and O–H groups in total. The standard InChI is InChI=1S/C11H23NO/c1-11(2,3)8-10(13)9-4-6-12-7-5-9/h9-10,12-13H,4-8H2,1-3H3. The van der Waals surface area contributed by atoms with Gasteiger partial charge in [0.05, 0.1) is 6.10 Å². The van der Waals surface area contributed by atoms with Gasteiger partial charge < -0.3 is 10.4 Å². The second kappa shape index (κ2) is 4.43. The van der Waals surface area contributed by atoms with Crippen molar-refractivity contribution in [1.82, 2.24) is 5.32 Å². The molecule has 1 rings (SSSR count). The fourth-order valence-corrected chi connectivity index (χ4v) is 2.02. The van der Waals surface area contributed by atoms with E-state index in [0.717, 1.165) is 32.4 Å². The summed E-state index contributed by atoms with van der Waals surface area (Å²) in [5, 5.41) is 13.3. The predicted molar refractivity (Wildman–Crippen MR) is 55.7 cm³/mol. The van der Waals surface area contributed by atoms with Gasteiger partial charge in [-0.15, -0.1) is 0 Å². The summed E-state index contributed by atoms with van der Waals surface area (Å²) in [6.45, 7) is 8.73. The maximum Gasteiger partial charge on any atom is 0.0574 e. The summed E-state index contributed by atoms with van der Waals surface area (Å²) >= 11 is 0. The van der Waals surface area contributed by atoms with Crippen molar-refractivity contribution in [2.24, 2.45) is 11.3 Å². The molecule has 0 aromatic rings. The molecule has 1 aliphatic rings. The molecule has 1 heterocycles. The van der Waals surface area contributed by atoms with Gasteiger partial charge in [-0.2, -0.15) is 0 Å². The number of piperidine rings is 1. The normalized spacial score (nSPS) is 23.1. The summed E-state index contributed by atoms with van der Waals surface area (Å²) in [6.07, 6.45) is 3.11. The van der Waals surface area contributed by atoms with Crippen LogP contribution >= 0.6 is 0 Å².